The lowest BCUT2D eigenvalue weighted by Gasteiger charge is -2.29. The lowest BCUT2D eigenvalue weighted by Crippen LogP contribution is -2.44. The SMILES string of the molecule is C#CCCCCC(=O)N(CC1CCCN1)C(C)C. The maximum absolute atomic E-state index is 12.2. The van der Waals surface area contributed by atoms with Gasteiger partial charge in [-0.2, -0.15) is 0 Å². The minimum Gasteiger partial charge on any atom is -0.339 e. The zero-order chi connectivity index (χ0) is 13.4. The molecule has 1 aliphatic rings. The zero-order valence-electron chi connectivity index (χ0n) is 11.7. The van der Waals surface area contributed by atoms with Gasteiger partial charge in [-0.3, -0.25) is 4.79 Å². The van der Waals surface area contributed by atoms with Gasteiger partial charge in [0, 0.05) is 31.5 Å². The third-order valence-electron chi connectivity index (χ3n) is 3.48. The summed E-state index contributed by atoms with van der Waals surface area (Å²) >= 11 is 0. The molecule has 0 aromatic carbocycles. The lowest BCUT2D eigenvalue weighted by molar-refractivity contribution is -0.133. The topological polar surface area (TPSA) is 32.3 Å². The first-order valence-electron chi connectivity index (χ1n) is 7.11. The first-order valence-corrected chi connectivity index (χ1v) is 7.11. The zero-order valence-corrected chi connectivity index (χ0v) is 11.7. The molecule has 1 heterocycles. The largest absolute Gasteiger partial charge is 0.339 e. The first kappa shape index (κ1) is 15.0. The number of nitrogens with one attached hydrogen (secondary N) is 1. The first-order chi connectivity index (χ1) is 8.65. The van der Waals surface area contributed by atoms with Crippen molar-refractivity contribution < 1.29 is 4.79 Å². The van der Waals surface area contributed by atoms with E-state index >= 15 is 0 Å². The quantitative estimate of drug-likeness (QED) is 0.555. The number of rotatable bonds is 7. The molecule has 1 fully saturated rings. The van der Waals surface area contributed by atoms with Crippen molar-refractivity contribution in [3.63, 3.8) is 0 Å². The molecular weight excluding hydrogens is 224 g/mol. The van der Waals surface area contributed by atoms with Crippen molar-refractivity contribution in [3.8, 4) is 12.3 Å². The Balaban J connectivity index is 2.35. The van der Waals surface area contributed by atoms with Crippen molar-refractivity contribution >= 4 is 5.91 Å². The number of hydrogen-bond acceptors (Lipinski definition) is 2. The molecule has 0 saturated carbocycles. The van der Waals surface area contributed by atoms with Crippen molar-refractivity contribution in [1.29, 1.82) is 0 Å². The Morgan fingerprint density at radius 2 is 2.28 bits per heavy atom. The van der Waals surface area contributed by atoms with Crippen LogP contribution in [-0.4, -0.2) is 36.0 Å². The molecule has 1 amide bonds. The van der Waals surface area contributed by atoms with E-state index in [0.29, 0.717) is 12.5 Å². The maximum Gasteiger partial charge on any atom is 0.222 e. The number of terminal acetylenes is 1. The van der Waals surface area contributed by atoms with Crippen LogP contribution in [0, 0.1) is 12.3 Å². The third-order valence-corrected chi connectivity index (χ3v) is 3.48. The van der Waals surface area contributed by atoms with Crippen LogP contribution < -0.4 is 5.32 Å². The Labute approximate surface area is 111 Å². The van der Waals surface area contributed by atoms with Gasteiger partial charge >= 0.3 is 0 Å². The fourth-order valence-corrected chi connectivity index (χ4v) is 2.40. The van der Waals surface area contributed by atoms with E-state index in [0.717, 1.165) is 32.4 Å². The van der Waals surface area contributed by atoms with Gasteiger partial charge in [0.1, 0.15) is 0 Å². The highest BCUT2D eigenvalue weighted by molar-refractivity contribution is 5.76. The third kappa shape index (κ3) is 5.10. The summed E-state index contributed by atoms with van der Waals surface area (Å²) in [7, 11) is 0. The molecular formula is C15H26N2O. The summed E-state index contributed by atoms with van der Waals surface area (Å²) in [4.78, 5) is 14.2. The van der Waals surface area contributed by atoms with Crippen molar-refractivity contribution in [2.75, 3.05) is 13.1 Å². The molecule has 1 rings (SSSR count). The van der Waals surface area contributed by atoms with Gasteiger partial charge in [0.25, 0.3) is 0 Å². The van der Waals surface area contributed by atoms with Gasteiger partial charge < -0.3 is 10.2 Å². The normalized spacial score (nSPS) is 18.9. The summed E-state index contributed by atoms with van der Waals surface area (Å²) in [6.45, 7) is 6.13. The van der Waals surface area contributed by atoms with Crippen molar-refractivity contribution in [2.24, 2.45) is 0 Å². The van der Waals surface area contributed by atoms with Crippen LogP contribution in [0.1, 0.15) is 52.4 Å². The molecule has 3 nitrogen and oxygen atoms in total. The minimum atomic E-state index is 0.274. The summed E-state index contributed by atoms with van der Waals surface area (Å²) in [5.41, 5.74) is 0. The van der Waals surface area contributed by atoms with Crippen LogP contribution in [0.3, 0.4) is 0 Å². The van der Waals surface area contributed by atoms with Crippen LogP contribution in [0.5, 0.6) is 0 Å². The van der Waals surface area contributed by atoms with E-state index < -0.39 is 0 Å². The molecule has 3 heteroatoms. The molecule has 0 aromatic rings. The highest BCUT2D eigenvalue weighted by atomic mass is 16.2. The van der Waals surface area contributed by atoms with Gasteiger partial charge in [-0.1, -0.05) is 0 Å². The maximum atomic E-state index is 12.2. The molecule has 1 saturated heterocycles. The summed E-state index contributed by atoms with van der Waals surface area (Å²) < 4.78 is 0. The summed E-state index contributed by atoms with van der Waals surface area (Å²) in [6.07, 6.45) is 10.9. The van der Waals surface area contributed by atoms with Gasteiger partial charge in [0.2, 0.25) is 5.91 Å². The van der Waals surface area contributed by atoms with Crippen LogP contribution in [0.4, 0.5) is 0 Å². The van der Waals surface area contributed by atoms with E-state index in [1.54, 1.807) is 0 Å². The van der Waals surface area contributed by atoms with E-state index in [-0.39, 0.29) is 11.9 Å². The number of amides is 1. The smallest absolute Gasteiger partial charge is 0.222 e. The predicted octanol–water partition coefficient (Wildman–Crippen LogP) is 2.17. The Bertz CT molecular complexity index is 287. The van der Waals surface area contributed by atoms with Crippen LogP contribution in [0.2, 0.25) is 0 Å². The van der Waals surface area contributed by atoms with Gasteiger partial charge in [-0.15, -0.1) is 12.3 Å². The monoisotopic (exact) mass is 250 g/mol. The summed E-state index contributed by atoms with van der Waals surface area (Å²) in [6, 6.07) is 0.773. The number of hydrogen-bond donors (Lipinski definition) is 1. The van der Waals surface area contributed by atoms with Gasteiger partial charge in [0.15, 0.2) is 0 Å². The minimum absolute atomic E-state index is 0.274. The van der Waals surface area contributed by atoms with Crippen LogP contribution in [0.15, 0.2) is 0 Å². The molecule has 1 unspecified atom stereocenters. The highest BCUT2D eigenvalue weighted by Crippen LogP contribution is 2.12. The fourth-order valence-electron chi connectivity index (χ4n) is 2.40. The average Bonchev–Trinajstić information content (AvgIpc) is 2.84. The fraction of sp³-hybridized carbons (Fsp3) is 0.800. The van der Waals surface area contributed by atoms with Gasteiger partial charge in [-0.25, -0.2) is 0 Å². The second kappa shape index (κ2) is 8.16. The van der Waals surface area contributed by atoms with E-state index in [4.69, 9.17) is 6.42 Å². The summed E-state index contributed by atoms with van der Waals surface area (Å²) in [5.74, 6) is 2.89. The number of carbonyl (C=O) groups is 1. The van der Waals surface area contributed by atoms with Gasteiger partial charge in [-0.05, 0) is 46.1 Å². The van der Waals surface area contributed by atoms with Crippen LogP contribution in [0.25, 0.3) is 0 Å². The molecule has 0 aliphatic carbocycles. The van der Waals surface area contributed by atoms with E-state index in [2.05, 4.69) is 25.1 Å². The molecule has 1 aliphatic heterocycles. The molecule has 1 atom stereocenters. The Morgan fingerprint density at radius 1 is 1.50 bits per heavy atom. The Hall–Kier alpha value is -1.01. The van der Waals surface area contributed by atoms with Crippen LogP contribution >= 0.6 is 0 Å². The average molecular weight is 250 g/mol. The van der Waals surface area contributed by atoms with E-state index in [9.17, 15) is 4.79 Å². The second-order valence-corrected chi connectivity index (χ2v) is 5.34. The van der Waals surface area contributed by atoms with Gasteiger partial charge in [0.05, 0.1) is 0 Å². The number of nitrogens with zero attached hydrogens (tertiary/aromatic N) is 1. The van der Waals surface area contributed by atoms with E-state index in [1.807, 2.05) is 4.90 Å². The molecule has 0 aromatic heterocycles. The molecule has 102 valence electrons. The Kier molecular flexibility index (Phi) is 6.82. The molecule has 0 spiro atoms. The number of unbranched alkanes of at least 4 members (excludes halogenated alkanes) is 2. The van der Waals surface area contributed by atoms with Crippen molar-refractivity contribution in [1.82, 2.24) is 10.2 Å². The molecule has 0 radical (unpaired) electrons. The second-order valence-electron chi connectivity index (χ2n) is 5.34. The highest BCUT2D eigenvalue weighted by Gasteiger charge is 2.22. The molecule has 0 bridgehead atoms. The van der Waals surface area contributed by atoms with Crippen molar-refractivity contribution in [3.05, 3.63) is 0 Å². The Morgan fingerprint density at radius 3 is 2.83 bits per heavy atom. The molecule has 1 N–H and O–H groups in total. The number of carbonyl (C=O) groups excluding carboxylic acids is 1. The van der Waals surface area contributed by atoms with Crippen LogP contribution in [-0.2, 0) is 4.79 Å². The summed E-state index contributed by atoms with van der Waals surface area (Å²) in [5, 5.41) is 3.45. The standard InChI is InChI=1S/C15H26N2O/c1-4-5-6-7-10-15(18)17(13(2)3)12-14-9-8-11-16-14/h1,13-14,16H,5-12H2,2-3H3. The van der Waals surface area contributed by atoms with Crippen molar-refractivity contribution in [2.45, 2.75) is 64.5 Å². The predicted molar refractivity (Wildman–Crippen MR) is 75.2 cm³/mol. The van der Waals surface area contributed by atoms with E-state index in [1.165, 1.54) is 12.8 Å². The lowest BCUT2D eigenvalue weighted by atomic mass is 10.1. The molecule has 18 heavy (non-hydrogen) atoms.